The first-order valence-corrected chi connectivity index (χ1v) is 9.73. The minimum atomic E-state index is -0.648. The fraction of sp³-hybridized carbons (Fsp3) is 0.500. The molecule has 1 atom stereocenters. The van der Waals surface area contributed by atoms with Crippen molar-refractivity contribution >= 4 is 17.7 Å². The van der Waals surface area contributed by atoms with E-state index in [1.54, 1.807) is 27.2 Å². The molecule has 0 heterocycles. The van der Waals surface area contributed by atoms with Crippen molar-refractivity contribution in [3.8, 4) is 0 Å². The minimum absolute atomic E-state index is 0.0998. The number of nitrogens with one attached hydrogen (secondary N) is 2. The fourth-order valence-corrected chi connectivity index (χ4v) is 2.66. The molecule has 2 N–H and O–H groups in total. The number of hydrogen-bond acceptors (Lipinski definition) is 4. The first-order valence-electron chi connectivity index (χ1n) is 9.73. The standard InChI is InChI=1S/C22H34N4O3/c1-22(2,24-4)14-10-13-19(27)25(5)16-20(28)26(6)18(21(29)23-3)15-17-11-8-7-9-12-17/h7-13,18,24H,14-16H2,1-6H3,(H,23,29)/b13-10+/t18-/m1/s1. The zero-order valence-corrected chi connectivity index (χ0v) is 18.4. The van der Waals surface area contributed by atoms with Crippen molar-refractivity contribution in [1.82, 2.24) is 20.4 Å². The second-order valence-corrected chi connectivity index (χ2v) is 7.76. The highest BCUT2D eigenvalue weighted by Crippen LogP contribution is 2.10. The SMILES string of the molecule is CNC(=O)[C@@H](Cc1ccccc1)N(C)C(=O)CN(C)C(=O)/C=C/CC(C)(C)NC. The van der Waals surface area contributed by atoms with Crippen molar-refractivity contribution in [2.45, 2.75) is 38.3 Å². The molecule has 0 saturated carbocycles. The van der Waals surface area contributed by atoms with Gasteiger partial charge in [-0.05, 0) is 39.0 Å². The van der Waals surface area contributed by atoms with Crippen LogP contribution < -0.4 is 10.6 Å². The molecule has 0 spiro atoms. The van der Waals surface area contributed by atoms with Gasteiger partial charge in [0.25, 0.3) is 0 Å². The number of likely N-dealkylation sites (N-methyl/N-ethyl adjacent to an activating group) is 3. The first kappa shape index (κ1) is 24.4. The van der Waals surface area contributed by atoms with Gasteiger partial charge in [-0.25, -0.2) is 0 Å². The maximum atomic E-state index is 12.7. The van der Waals surface area contributed by atoms with E-state index in [0.717, 1.165) is 5.56 Å². The Kier molecular flexibility index (Phi) is 9.55. The van der Waals surface area contributed by atoms with Crippen molar-refractivity contribution in [2.24, 2.45) is 0 Å². The van der Waals surface area contributed by atoms with Gasteiger partial charge in [-0.3, -0.25) is 14.4 Å². The molecule has 0 aliphatic carbocycles. The van der Waals surface area contributed by atoms with Gasteiger partial charge >= 0.3 is 0 Å². The van der Waals surface area contributed by atoms with Crippen LogP contribution in [-0.2, 0) is 20.8 Å². The number of rotatable bonds is 10. The summed E-state index contributed by atoms with van der Waals surface area (Å²) < 4.78 is 0. The summed E-state index contributed by atoms with van der Waals surface area (Å²) in [5.41, 5.74) is 0.851. The lowest BCUT2D eigenvalue weighted by Crippen LogP contribution is -2.50. The van der Waals surface area contributed by atoms with Crippen LogP contribution in [0.5, 0.6) is 0 Å². The highest BCUT2D eigenvalue weighted by atomic mass is 16.2. The van der Waals surface area contributed by atoms with E-state index in [1.165, 1.54) is 15.9 Å². The lowest BCUT2D eigenvalue weighted by molar-refractivity contribution is -0.141. The van der Waals surface area contributed by atoms with E-state index in [-0.39, 0.29) is 29.8 Å². The summed E-state index contributed by atoms with van der Waals surface area (Å²) >= 11 is 0. The van der Waals surface area contributed by atoms with Gasteiger partial charge in [0, 0.05) is 33.1 Å². The predicted molar refractivity (Wildman–Crippen MR) is 115 cm³/mol. The van der Waals surface area contributed by atoms with Crippen molar-refractivity contribution in [3.63, 3.8) is 0 Å². The number of carbonyl (C=O) groups is 3. The molecule has 1 aromatic rings. The van der Waals surface area contributed by atoms with E-state index in [0.29, 0.717) is 12.8 Å². The van der Waals surface area contributed by atoms with E-state index in [2.05, 4.69) is 10.6 Å². The second kappa shape index (κ2) is 11.4. The normalized spacial score (nSPS) is 12.5. The first-order chi connectivity index (χ1) is 13.6. The highest BCUT2D eigenvalue weighted by molar-refractivity contribution is 5.93. The summed E-state index contributed by atoms with van der Waals surface area (Å²) in [5.74, 6) is -0.791. The third-order valence-corrected chi connectivity index (χ3v) is 5.00. The monoisotopic (exact) mass is 402 g/mol. The van der Waals surface area contributed by atoms with Crippen molar-refractivity contribution < 1.29 is 14.4 Å². The number of carbonyl (C=O) groups excluding carboxylic acids is 3. The average molecular weight is 403 g/mol. The Hall–Kier alpha value is -2.67. The van der Waals surface area contributed by atoms with Crippen molar-refractivity contribution in [2.75, 3.05) is 34.7 Å². The highest BCUT2D eigenvalue weighted by Gasteiger charge is 2.27. The molecule has 160 valence electrons. The van der Waals surface area contributed by atoms with E-state index in [9.17, 15) is 14.4 Å². The summed E-state index contributed by atoms with van der Waals surface area (Å²) in [7, 11) is 6.59. The van der Waals surface area contributed by atoms with E-state index >= 15 is 0 Å². The van der Waals surface area contributed by atoms with Crippen LogP contribution in [0.3, 0.4) is 0 Å². The molecule has 0 bridgehead atoms. The molecule has 0 aromatic heterocycles. The van der Waals surface area contributed by atoms with Crippen LogP contribution >= 0.6 is 0 Å². The van der Waals surface area contributed by atoms with Crippen molar-refractivity contribution in [3.05, 3.63) is 48.0 Å². The van der Waals surface area contributed by atoms with Crippen LogP contribution in [0.25, 0.3) is 0 Å². The van der Waals surface area contributed by atoms with Gasteiger partial charge in [-0.1, -0.05) is 36.4 Å². The Labute approximate surface area is 174 Å². The molecule has 3 amide bonds. The zero-order valence-electron chi connectivity index (χ0n) is 18.4. The van der Waals surface area contributed by atoms with Crippen LogP contribution in [0.15, 0.2) is 42.5 Å². The Morgan fingerprint density at radius 1 is 1.10 bits per heavy atom. The van der Waals surface area contributed by atoms with Crippen molar-refractivity contribution in [1.29, 1.82) is 0 Å². The largest absolute Gasteiger partial charge is 0.357 e. The topological polar surface area (TPSA) is 81.8 Å². The number of benzene rings is 1. The number of amides is 3. The Bertz CT molecular complexity index is 716. The summed E-state index contributed by atoms with van der Waals surface area (Å²) in [6, 6.07) is 8.88. The lowest BCUT2D eigenvalue weighted by Gasteiger charge is -2.28. The van der Waals surface area contributed by atoms with Gasteiger partial charge in [-0.2, -0.15) is 0 Å². The minimum Gasteiger partial charge on any atom is -0.357 e. The maximum absolute atomic E-state index is 12.7. The number of hydrogen-bond donors (Lipinski definition) is 2. The van der Waals surface area contributed by atoms with Gasteiger partial charge < -0.3 is 20.4 Å². The van der Waals surface area contributed by atoms with Crippen LogP contribution in [-0.4, -0.2) is 73.8 Å². The molecule has 1 rings (SSSR count). The summed E-state index contributed by atoms with van der Waals surface area (Å²) in [4.78, 5) is 40.1. The molecule has 0 radical (unpaired) electrons. The van der Waals surface area contributed by atoms with Crippen LogP contribution in [0, 0.1) is 0 Å². The molecule has 0 unspecified atom stereocenters. The van der Waals surface area contributed by atoms with Gasteiger partial charge in [0.05, 0.1) is 6.54 Å². The van der Waals surface area contributed by atoms with Gasteiger partial charge in [0.1, 0.15) is 6.04 Å². The van der Waals surface area contributed by atoms with E-state index < -0.39 is 6.04 Å². The van der Waals surface area contributed by atoms with E-state index in [4.69, 9.17) is 0 Å². The summed E-state index contributed by atoms with van der Waals surface area (Å²) in [5, 5.41) is 5.78. The lowest BCUT2D eigenvalue weighted by atomic mass is 10.0. The number of nitrogens with zero attached hydrogens (tertiary/aromatic N) is 2. The molecule has 7 heteroatoms. The molecule has 0 saturated heterocycles. The predicted octanol–water partition coefficient (Wildman–Crippen LogP) is 1.20. The van der Waals surface area contributed by atoms with E-state index in [1.807, 2.05) is 51.2 Å². The fourth-order valence-electron chi connectivity index (χ4n) is 2.66. The van der Waals surface area contributed by atoms with Gasteiger partial charge in [0.15, 0.2) is 0 Å². The Morgan fingerprint density at radius 2 is 1.72 bits per heavy atom. The maximum Gasteiger partial charge on any atom is 0.246 e. The van der Waals surface area contributed by atoms with Crippen LogP contribution in [0.4, 0.5) is 0 Å². The van der Waals surface area contributed by atoms with Gasteiger partial charge in [0.2, 0.25) is 17.7 Å². The molecule has 29 heavy (non-hydrogen) atoms. The Morgan fingerprint density at radius 3 is 2.28 bits per heavy atom. The summed E-state index contributed by atoms with van der Waals surface area (Å²) in [6.07, 6.45) is 4.37. The zero-order chi connectivity index (χ0) is 22.0. The van der Waals surface area contributed by atoms with Gasteiger partial charge in [-0.15, -0.1) is 0 Å². The molecule has 0 aliphatic heterocycles. The third-order valence-electron chi connectivity index (χ3n) is 5.00. The Balaban J connectivity index is 2.74. The molecular formula is C22H34N4O3. The van der Waals surface area contributed by atoms with Crippen LogP contribution in [0.1, 0.15) is 25.8 Å². The summed E-state index contributed by atoms with van der Waals surface area (Å²) in [6.45, 7) is 3.97. The average Bonchev–Trinajstić information content (AvgIpc) is 2.71. The molecule has 7 nitrogen and oxygen atoms in total. The quantitative estimate of drug-likeness (QED) is 0.577. The molecule has 1 aromatic carbocycles. The molecule has 0 aliphatic rings. The molecule has 0 fully saturated rings. The smallest absolute Gasteiger partial charge is 0.246 e. The third kappa shape index (κ3) is 8.07. The molecular weight excluding hydrogens is 368 g/mol. The van der Waals surface area contributed by atoms with Crippen LogP contribution in [0.2, 0.25) is 0 Å². The second-order valence-electron chi connectivity index (χ2n) is 7.76.